The second-order valence-electron chi connectivity index (χ2n) is 4.83. The van der Waals surface area contributed by atoms with Gasteiger partial charge < -0.3 is 4.42 Å². The van der Waals surface area contributed by atoms with Crippen molar-refractivity contribution in [3.8, 4) is 11.5 Å². The van der Waals surface area contributed by atoms with Crippen LogP contribution in [0.4, 0.5) is 6.01 Å². The number of nitrogens with zero attached hydrogens (tertiary/aromatic N) is 2. The number of halogens is 1. The Labute approximate surface area is 152 Å². The number of benzene rings is 2. The highest BCUT2D eigenvalue weighted by Gasteiger charge is 2.13. The van der Waals surface area contributed by atoms with E-state index in [1.165, 1.54) is 0 Å². The Balaban J connectivity index is 1.71. The first kappa shape index (κ1) is 16.7. The van der Waals surface area contributed by atoms with Crippen molar-refractivity contribution in [1.82, 2.24) is 10.2 Å². The molecule has 0 spiro atoms. The zero-order valence-electron chi connectivity index (χ0n) is 12.8. The van der Waals surface area contributed by atoms with Crippen LogP contribution in [0.1, 0.15) is 17.3 Å². The maximum Gasteiger partial charge on any atom is 0.322 e. The van der Waals surface area contributed by atoms with Gasteiger partial charge in [-0.1, -0.05) is 34.0 Å². The average Bonchev–Trinajstić information content (AvgIpc) is 3.04. The van der Waals surface area contributed by atoms with E-state index in [0.717, 1.165) is 20.7 Å². The normalized spacial score (nSPS) is 10.6. The third-order valence-electron chi connectivity index (χ3n) is 3.14. The highest BCUT2D eigenvalue weighted by atomic mass is 79.9. The molecular weight excluding hydrogens is 390 g/mol. The van der Waals surface area contributed by atoms with Crippen molar-refractivity contribution in [3.05, 3.63) is 58.6 Å². The van der Waals surface area contributed by atoms with Crippen LogP contribution in [0.25, 0.3) is 11.5 Å². The third kappa shape index (κ3) is 4.04. The maximum atomic E-state index is 12.2. The molecule has 0 radical (unpaired) electrons. The quantitative estimate of drug-likeness (QED) is 0.615. The molecule has 5 nitrogen and oxygen atoms in total. The van der Waals surface area contributed by atoms with Crippen LogP contribution in [-0.2, 0) is 0 Å². The lowest BCUT2D eigenvalue weighted by atomic mass is 10.2. The largest absolute Gasteiger partial charge is 0.403 e. The summed E-state index contributed by atoms with van der Waals surface area (Å²) >= 11 is 5.12. The summed E-state index contributed by atoms with van der Waals surface area (Å²) in [7, 11) is 0. The monoisotopic (exact) mass is 403 g/mol. The first-order valence-corrected chi connectivity index (χ1v) is 9.07. The molecular formula is C17H14BrN3O2S. The summed E-state index contributed by atoms with van der Waals surface area (Å²) in [5, 5.41) is 10.4. The van der Waals surface area contributed by atoms with Crippen molar-refractivity contribution in [1.29, 1.82) is 0 Å². The summed E-state index contributed by atoms with van der Waals surface area (Å²) in [6, 6.07) is 15.0. The minimum atomic E-state index is -0.285. The molecule has 1 amide bonds. The highest BCUT2D eigenvalue weighted by molar-refractivity contribution is 9.10. The number of nitrogens with one attached hydrogen (secondary N) is 1. The second kappa shape index (κ2) is 7.63. The van der Waals surface area contributed by atoms with Crippen molar-refractivity contribution in [3.63, 3.8) is 0 Å². The van der Waals surface area contributed by atoms with E-state index in [2.05, 4.69) is 38.4 Å². The van der Waals surface area contributed by atoms with E-state index >= 15 is 0 Å². The van der Waals surface area contributed by atoms with Crippen LogP contribution >= 0.6 is 27.7 Å². The van der Waals surface area contributed by atoms with Crippen molar-refractivity contribution in [2.75, 3.05) is 11.1 Å². The summed E-state index contributed by atoms with van der Waals surface area (Å²) < 4.78 is 6.41. The Morgan fingerprint density at radius 2 is 2.00 bits per heavy atom. The molecule has 7 heteroatoms. The van der Waals surface area contributed by atoms with E-state index in [1.807, 2.05) is 36.4 Å². The van der Waals surface area contributed by atoms with Crippen LogP contribution in [0.5, 0.6) is 0 Å². The molecule has 0 fully saturated rings. The van der Waals surface area contributed by atoms with Crippen molar-refractivity contribution in [2.24, 2.45) is 0 Å². The molecule has 0 aliphatic carbocycles. The molecule has 122 valence electrons. The number of rotatable bonds is 5. The van der Waals surface area contributed by atoms with Gasteiger partial charge in [0.15, 0.2) is 0 Å². The van der Waals surface area contributed by atoms with Gasteiger partial charge in [-0.3, -0.25) is 10.1 Å². The van der Waals surface area contributed by atoms with E-state index < -0.39 is 0 Å². The molecule has 1 heterocycles. The molecule has 3 aromatic rings. The summed E-state index contributed by atoms with van der Waals surface area (Å²) in [6.45, 7) is 2.09. The summed E-state index contributed by atoms with van der Waals surface area (Å²) in [5.74, 6) is 1.06. The molecule has 3 rings (SSSR count). The Morgan fingerprint density at radius 1 is 1.21 bits per heavy atom. The van der Waals surface area contributed by atoms with Crippen LogP contribution in [0.3, 0.4) is 0 Å². The fraction of sp³-hybridized carbons (Fsp3) is 0.118. The molecule has 0 saturated heterocycles. The lowest BCUT2D eigenvalue weighted by Crippen LogP contribution is -2.11. The SMILES string of the molecule is CCSc1ccc(C(=O)Nc2nnc(-c3cccc(Br)c3)o2)cc1. The molecule has 24 heavy (non-hydrogen) atoms. The van der Waals surface area contributed by atoms with Gasteiger partial charge in [-0.2, -0.15) is 0 Å². The fourth-order valence-corrected chi connectivity index (χ4v) is 3.11. The van der Waals surface area contributed by atoms with Crippen LogP contribution < -0.4 is 5.32 Å². The lowest BCUT2D eigenvalue weighted by Gasteiger charge is -2.02. The van der Waals surface area contributed by atoms with E-state index in [0.29, 0.717) is 11.5 Å². The Morgan fingerprint density at radius 3 is 2.71 bits per heavy atom. The fourth-order valence-electron chi connectivity index (χ4n) is 2.05. The van der Waals surface area contributed by atoms with Gasteiger partial charge in [0.25, 0.3) is 5.91 Å². The highest BCUT2D eigenvalue weighted by Crippen LogP contribution is 2.23. The van der Waals surface area contributed by atoms with Crippen LogP contribution in [0.15, 0.2) is 62.3 Å². The number of amides is 1. The van der Waals surface area contributed by atoms with Gasteiger partial charge in [-0.05, 0) is 48.2 Å². The van der Waals surface area contributed by atoms with E-state index in [-0.39, 0.29) is 11.9 Å². The topological polar surface area (TPSA) is 68.0 Å². The van der Waals surface area contributed by atoms with Gasteiger partial charge in [-0.25, -0.2) is 0 Å². The Bertz CT molecular complexity index is 849. The number of carbonyl (C=O) groups excluding carboxylic acids is 1. The molecule has 0 bridgehead atoms. The molecule has 2 aromatic carbocycles. The molecule has 1 aromatic heterocycles. The van der Waals surface area contributed by atoms with Crippen molar-refractivity contribution >= 4 is 39.6 Å². The van der Waals surface area contributed by atoms with Gasteiger partial charge in [0, 0.05) is 20.5 Å². The molecule has 0 aliphatic rings. The smallest absolute Gasteiger partial charge is 0.322 e. The van der Waals surface area contributed by atoms with Gasteiger partial charge >= 0.3 is 6.01 Å². The van der Waals surface area contributed by atoms with Crippen LogP contribution in [-0.4, -0.2) is 21.9 Å². The number of hydrogen-bond acceptors (Lipinski definition) is 5. The lowest BCUT2D eigenvalue weighted by molar-refractivity contribution is 0.102. The third-order valence-corrected chi connectivity index (χ3v) is 4.53. The van der Waals surface area contributed by atoms with Crippen molar-refractivity contribution in [2.45, 2.75) is 11.8 Å². The summed E-state index contributed by atoms with van der Waals surface area (Å²) in [6.07, 6.45) is 0. The predicted octanol–water partition coefficient (Wildman–Crippen LogP) is 4.86. The minimum Gasteiger partial charge on any atom is -0.403 e. The predicted molar refractivity (Wildman–Crippen MR) is 98.2 cm³/mol. The van der Waals surface area contributed by atoms with Crippen LogP contribution in [0.2, 0.25) is 0 Å². The minimum absolute atomic E-state index is 0.0713. The molecule has 1 N–H and O–H groups in total. The maximum absolute atomic E-state index is 12.2. The van der Waals surface area contributed by atoms with E-state index in [1.54, 1.807) is 23.9 Å². The number of aromatic nitrogens is 2. The summed E-state index contributed by atoms with van der Waals surface area (Å²) in [5.41, 5.74) is 1.32. The van der Waals surface area contributed by atoms with Gasteiger partial charge in [0.05, 0.1) is 0 Å². The average molecular weight is 404 g/mol. The van der Waals surface area contributed by atoms with Gasteiger partial charge in [0.1, 0.15) is 0 Å². The second-order valence-corrected chi connectivity index (χ2v) is 7.09. The summed E-state index contributed by atoms with van der Waals surface area (Å²) in [4.78, 5) is 13.4. The molecule has 0 saturated carbocycles. The zero-order valence-corrected chi connectivity index (χ0v) is 15.2. The van der Waals surface area contributed by atoms with E-state index in [9.17, 15) is 4.79 Å². The number of hydrogen-bond donors (Lipinski definition) is 1. The Hall–Kier alpha value is -2.12. The molecule has 0 atom stereocenters. The first-order valence-electron chi connectivity index (χ1n) is 7.29. The number of thioether (sulfide) groups is 1. The zero-order chi connectivity index (χ0) is 16.9. The van der Waals surface area contributed by atoms with Crippen molar-refractivity contribution < 1.29 is 9.21 Å². The number of carbonyl (C=O) groups is 1. The molecule has 0 unspecified atom stereocenters. The standard InChI is InChI=1S/C17H14BrN3O2S/c1-2-24-14-8-6-11(7-9-14)15(22)19-17-21-20-16(23-17)12-4-3-5-13(18)10-12/h3-10H,2H2,1H3,(H,19,21,22). The van der Waals surface area contributed by atoms with Gasteiger partial charge in [0.2, 0.25) is 5.89 Å². The first-order chi connectivity index (χ1) is 11.7. The van der Waals surface area contributed by atoms with E-state index in [4.69, 9.17) is 4.42 Å². The van der Waals surface area contributed by atoms with Crippen LogP contribution in [0, 0.1) is 0 Å². The van der Waals surface area contributed by atoms with Gasteiger partial charge in [-0.15, -0.1) is 16.9 Å². The molecule has 0 aliphatic heterocycles. The number of anilines is 1. The Kier molecular flexibility index (Phi) is 5.32.